The van der Waals surface area contributed by atoms with Gasteiger partial charge in [-0.3, -0.25) is 4.90 Å². The van der Waals surface area contributed by atoms with E-state index in [0.29, 0.717) is 11.1 Å². The number of carbonyl (C=O) groups excluding carboxylic acids is 2. The molecule has 0 saturated heterocycles. The van der Waals surface area contributed by atoms with Crippen molar-refractivity contribution in [2.75, 3.05) is 19.1 Å². The molecule has 4 N–H and O–H groups in total. The monoisotopic (exact) mass is 482 g/mol. The zero-order valence-corrected chi connectivity index (χ0v) is 19.2. The van der Waals surface area contributed by atoms with Gasteiger partial charge in [0.05, 0.1) is 43.0 Å². The zero-order valence-electron chi connectivity index (χ0n) is 17.7. The molecule has 10 heteroatoms. The Kier molecular flexibility index (Phi) is 7.01. The lowest BCUT2D eigenvalue weighted by atomic mass is 9.80. The summed E-state index contributed by atoms with van der Waals surface area (Å²) in [6, 6.07) is 15.3. The minimum Gasteiger partial charge on any atom is -0.466 e. The number of anilines is 1. The first-order chi connectivity index (χ1) is 15.8. The van der Waals surface area contributed by atoms with E-state index in [4.69, 9.17) is 44.8 Å². The molecule has 33 heavy (non-hydrogen) atoms. The molecule has 0 bridgehead atoms. The van der Waals surface area contributed by atoms with Gasteiger partial charge in [0.25, 0.3) is 0 Å². The van der Waals surface area contributed by atoms with Gasteiger partial charge in [0.1, 0.15) is 16.5 Å². The van der Waals surface area contributed by atoms with Crippen LogP contribution in [0.5, 0.6) is 0 Å². The standard InChI is InChI=1S/C23H19ClN4O4S/c1-31-22(29)18-17(12-6-4-3-5-7-12)15(11-25)20(26)28(19(18)23(30)32-2)16-10-13(24)8-9-14(16)21(27)33/h3-10,17H,26H2,1-2H3,(H2,27,33). The number of nitrogens with zero attached hydrogens (tertiary/aromatic N) is 2. The van der Waals surface area contributed by atoms with Gasteiger partial charge in [-0.05, 0) is 23.8 Å². The van der Waals surface area contributed by atoms with E-state index in [0.717, 1.165) is 7.11 Å². The first-order valence-electron chi connectivity index (χ1n) is 9.51. The molecule has 0 spiro atoms. The topological polar surface area (TPSA) is 132 Å². The number of thiocarbonyl (C=S) groups is 1. The molecule has 0 aliphatic carbocycles. The number of hydrogen-bond acceptors (Lipinski definition) is 8. The van der Waals surface area contributed by atoms with Crippen molar-refractivity contribution in [2.45, 2.75) is 5.92 Å². The highest BCUT2D eigenvalue weighted by atomic mass is 35.5. The first kappa shape index (κ1) is 23.8. The van der Waals surface area contributed by atoms with Gasteiger partial charge in [-0.15, -0.1) is 0 Å². The number of methoxy groups -OCH3 is 2. The van der Waals surface area contributed by atoms with Crippen molar-refractivity contribution >= 4 is 46.4 Å². The number of rotatable bonds is 5. The molecule has 1 unspecified atom stereocenters. The molecule has 1 atom stereocenters. The van der Waals surface area contributed by atoms with Crippen LogP contribution in [0.15, 0.2) is 71.2 Å². The van der Waals surface area contributed by atoms with Crippen molar-refractivity contribution in [3.63, 3.8) is 0 Å². The Labute approximate surface area is 200 Å². The second-order valence-corrected chi connectivity index (χ2v) is 7.74. The summed E-state index contributed by atoms with van der Waals surface area (Å²) in [4.78, 5) is 27.3. The lowest BCUT2D eigenvalue weighted by Crippen LogP contribution is -2.41. The number of hydrogen-bond donors (Lipinski definition) is 2. The van der Waals surface area contributed by atoms with E-state index < -0.39 is 17.9 Å². The summed E-state index contributed by atoms with van der Waals surface area (Å²) in [5, 5.41) is 10.3. The lowest BCUT2D eigenvalue weighted by molar-refractivity contribution is -0.139. The molecule has 0 radical (unpaired) electrons. The number of halogens is 1. The molecule has 2 aromatic rings. The summed E-state index contributed by atoms with van der Waals surface area (Å²) in [5.74, 6) is -2.82. The number of ether oxygens (including phenoxy) is 2. The Balaban J connectivity index is 2.49. The summed E-state index contributed by atoms with van der Waals surface area (Å²) >= 11 is 11.4. The maximum atomic E-state index is 13.1. The summed E-state index contributed by atoms with van der Waals surface area (Å²) in [5.41, 5.74) is 13.1. The van der Waals surface area contributed by atoms with Crippen LogP contribution in [0.4, 0.5) is 5.69 Å². The van der Waals surface area contributed by atoms with Crippen LogP contribution >= 0.6 is 23.8 Å². The Morgan fingerprint density at radius 2 is 1.76 bits per heavy atom. The van der Waals surface area contributed by atoms with E-state index in [1.165, 1.54) is 18.1 Å². The van der Waals surface area contributed by atoms with Gasteiger partial charge < -0.3 is 20.9 Å². The Morgan fingerprint density at radius 3 is 2.30 bits per heavy atom. The zero-order chi connectivity index (χ0) is 24.3. The third-order valence-corrected chi connectivity index (χ3v) is 5.53. The molecule has 0 aromatic heterocycles. The van der Waals surface area contributed by atoms with Crippen LogP contribution in [0.2, 0.25) is 5.02 Å². The molecular formula is C23H19ClN4O4S. The number of nitriles is 1. The fourth-order valence-corrected chi connectivity index (χ4v) is 4.00. The van der Waals surface area contributed by atoms with E-state index >= 15 is 0 Å². The van der Waals surface area contributed by atoms with Crippen LogP contribution in [-0.4, -0.2) is 31.1 Å². The number of nitrogens with two attached hydrogens (primary N) is 2. The maximum Gasteiger partial charge on any atom is 0.355 e. The third-order valence-electron chi connectivity index (χ3n) is 5.08. The average Bonchev–Trinajstić information content (AvgIpc) is 2.82. The molecule has 168 valence electrons. The highest BCUT2D eigenvalue weighted by Gasteiger charge is 2.43. The minimum atomic E-state index is -0.985. The van der Waals surface area contributed by atoms with Gasteiger partial charge in [-0.2, -0.15) is 5.26 Å². The predicted molar refractivity (Wildman–Crippen MR) is 127 cm³/mol. The van der Waals surface area contributed by atoms with Gasteiger partial charge >= 0.3 is 11.9 Å². The molecule has 0 amide bonds. The average molecular weight is 483 g/mol. The molecule has 3 rings (SSSR count). The molecule has 1 heterocycles. The van der Waals surface area contributed by atoms with Crippen molar-refractivity contribution in [3.8, 4) is 6.07 Å². The molecular weight excluding hydrogens is 464 g/mol. The molecule has 1 aliphatic heterocycles. The van der Waals surface area contributed by atoms with Crippen LogP contribution in [0.25, 0.3) is 0 Å². The normalized spacial score (nSPS) is 15.7. The molecule has 0 saturated carbocycles. The lowest BCUT2D eigenvalue weighted by Gasteiger charge is -2.36. The van der Waals surface area contributed by atoms with E-state index in [1.54, 1.807) is 42.5 Å². The first-order valence-corrected chi connectivity index (χ1v) is 10.3. The summed E-state index contributed by atoms with van der Waals surface area (Å²) in [6.07, 6.45) is 0. The maximum absolute atomic E-state index is 13.1. The number of allylic oxidation sites excluding steroid dienone is 1. The number of esters is 2. The minimum absolute atomic E-state index is 0.0120. The Bertz CT molecular complexity index is 1250. The Morgan fingerprint density at radius 1 is 1.12 bits per heavy atom. The van der Waals surface area contributed by atoms with Crippen molar-refractivity contribution in [2.24, 2.45) is 11.5 Å². The number of carbonyl (C=O) groups is 2. The van der Waals surface area contributed by atoms with Crippen LogP contribution < -0.4 is 16.4 Å². The quantitative estimate of drug-likeness (QED) is 0.487. The second kappa shape index (κ2) is 9.73. The second-order valence-electron chi connectivity index (χ2n) is 6.86. The van der Waals surface area contributed by atoms with Crippen LogP contribution in [0.1, 0.15) is 17.0 Å². The van der Waals surface area contributed by atoms with Crippen molar-refractivity contribution in [1.82, 2.24) is 0 Å². The van der Waals surface area contributed by atoms with Gasteiger partial charge in [0, 0.05) is 10.6 Å². The smallest absolute Gasteiger partial charge is 0.355 e. The van der Waals surface area contributed by atoms with E-state index in [1.807, 2.05) is 0 Å². The highest BCUT2D eigenvalue weighted by molar-refractivity contribution is 7.80. The largest absolute Gasteiger partial charge is 0.466 e. The fraction of sp³-hybridized carbons (Fsp3) is 0.130. The molecule has 8 nitrogen and oxygen atoms in total. The van der Waals surface area contributed by atoms with E-state index in [2.05, 4.69) is 6.07 Å². The summed E-state index contributed by atoms with van der Waals surface area (Å²) < 4.78 is 9.99. The summed E-state index contributed by atoms with van der Waals surface area (Å²) in [6.45, 7) is 0. The third kappa shape index (κ3) is 4.26. The van der Waals surface area contributed by atoms with E-state index in [9.17, 15) is 14.9 Å². The van der Waals surface area contributed by atoms with E-state index in [-0.39, 0.29) is 38.4 Å². The van der Waals surface area contributed by atoms with Gasteiger partial charge in [-0.1, -0.05) is 54.2 Å². The van der Waals surface area contributed by atoms with Gasteiger partial charge in [0.2, 0.25) is 0 Å². The highest BCUT2D eigenvalue weighted by Crippen LogP contribution is 2.44. The Hall–Kier alpha value is -3.87. The SMILES string of the molecule is COC(=O)C1=C(C(=O)OC)N(c2cc(Cl)ccc2C(N)=S)C(N)=C(C#N)C1c1ccccc1. The molecule has 1 aliphatic rings. The molecule has 0 fully saturated rings. The summed E-state index contributed by atoms with van der Waals surface area (Å²) in [7, 11) is 2.33. The van der Waals surface area contributed by atoms with Crippen molar-refractivity contribution < 1.29 is 19.1 Å². The van der Waals surface area contributed by atoms with Crippen LogP contribution in [0.3, 0.4) is 0 Å². The van der Waals surface area contributed by atoms with Crippen LogP contribution in [0, 0.1) is 11.3 Å². The number of benzene rings is 2. The van der Waals surface area contributed by atoms with Crippen molar-refractivity contribution in [1.29, 1.82) is 5.26 Å². The van der Waals surface area contributed by atoms with Crippen molar-refractivity contribution in [3.05, 3.63) is 87.3 Å². The van der Waals surface area contributed by atoms with Gasteiger partial charge in [-0.25, -0.2) is 9.59 Å². The fourth-order valence-electron chi connectivity index (χ4n) is 3.66. The van der Waals surface area contributed by atoms with Crippen LogP contribution in [-0.2, 0) is 19.1 Å². The predicted octanol–water partition coefficient (Wildman–Crippen LogP) is 2.87. The molecule has 2 aromatic carbocycles. The van der Waals surface area contributed by atoms with Gasteiger partial charge in [0.15, 0.2) is 0 Å².